The molecular formula is C70H46N10. The number of nitrogens with zero attached hydrogens (tertiary/aromatic N) is 10. The van der Waals surface area contributed by atoms with Crippen LogP contribution >= 0.6 is 0 Å². The van der Waals surface area contributed by atoms with Gasteiger partial charge in [0, 0.05) is 50.6 Å². The van der Waals surface area contributed by atoms with Gasteiger partial charge in [-0.05, 0) is 47.5 Å². The number of fused-ring (bicyclic) bond motifs is 2. The Morgan fingerprint density at radius 3 is 0.875 bits per heavy atom. The fraction of sp³-hybridized carbons (Fsp3) is 0. The maximum Gasteiger partial charge on any atom is 0.166 e. The highest BCUT2D eigenvalue weighted by Gasteiger charge is 2.34. The summed E-state index contributed by atoms with van der Waals surface area (Å²) < 4.78 is 0. The van der Waals surface area contributed by atoms with Gasteiger partial charge in [-0.25, -0.2) is 39.9 Å². The summed E-state index contributed by atoms with van der Waals surface area (Å²) in [6.45, 7) is 0. The fourth-order valence-electron chi connectivity index (χ4n) is 10.3. The first-order valence-electron chi connectivity index (χ1n) is 26.4. The van der Waals surface area contributed by atoms with Crippen LogP contribution in [0.1, 0.15) is 0 Å². The lowest BCUT2D eigenvalue weighted by atomic mass is 9.93. The van der Waals surface area contributed by atoms with Crippen molar-refractivity contribution in [3.05, 3.63) is 279 Å². The first kappa shape index (κ1) is 47.4. The molecule has 1 aliphatic rings. The predicted molar refractivity (Wildman–Crippen MR) is 321 cm³/mol. The number of aromatic nitrogens is 8. The molecule has 376 valence electrons. The smallest absolute Gasteiger partial charge is 0.166 e. The van der Waals surface area contributed by atoms with Crippen molar-refractivity contribution in [3.63, 3.8) is 0 Å². The third-order valence-electron chi connectivity index (χ3n) is 14.1. The van der Waals surface area contributed by atoms with Crippen molar-refractivity contribution >= 4 is 34.3 Å². The lowest BCUT2D eigenvalue weighted by Gasteiger charge is -2.40. The van der Waals surface area contributed by atoms with Crippen LogP contribution in [0.15, 0.2) is 279 Å². The minimum absolute atomic E-state index is 0.461. The lowest BCUT2D eigenvalue weighted by molar-refractivity contribution is 1.06. The first-order valence-corrected chi connectivity index (χ1v) is 26.4. The standard InChI is InChI=1S/C70H46N10/c1-8-26-47(27-9-1)54-45-62(79-58-40-22-24-42-60(58)80(61-43-25-23-41-59(61)79)63-46-57(48-28-10-2-11-29-48)71-64(72-63)49-30-12-3-13-31-49)56(70-77-67(52-36-18-6-19-37-52)74-68(78-70)53-38-20-7-21-39-53)44-55(54)69-75-65(50-32-14-4-15-33-50)73-66(76-69)51-34-16-5-17-35-51/h1-46H. The third-order valence-corrected chi connectivity index (χ3v) is 14.1. The number of benzene rings is 10. The summed E-state index contributed by atoms with van der Waals surface area (Å²) in [4.78, 5) is 47.0. The van der Waals surface area contributed by atoms with Crippen LogP contribution in [-0.2, 0) is 0 Å². The van der Waals surface area contributed by atoms with Crippen molar-refractivity contribution in [1.29, 1.82) is 0 Å². The van der Waals surface area contributed by atoms with Crippen molar-refractivity contribution in [2.24, 2.45) is 0 Å². The van der Waals surface area contributed by atoms with Crippen LogP contribution in [0.4, 0.5) is 34.3 Å². The molecule has 3 aromatic heterocycles. The Kier molecular flexibility index (Phi) is 12.3. The van der Waals surface area contributed by atoms with Gasteiger partial charge in [-0.1, -0.05) is 237 Å². The first-order chi connectivity index (χ1) is 39.7. The Hall–Kier alpha value is -11.1. The van der Waals surface area contributed by atoms with E-state index < -0.39 is 0 Å². The SMILES string of the molecule is c1ccc(-c2cc(N3c4ccccc4N(c4cc(-c5ccccc5)c(-c5nc(-c6ccccc6)nc(-c6ccccc6)n5)cc4-c4nc(-c5ccccc5)nc(-c5ccccc5)n4)c4ccccc43)nc(-c3ccccc3)n2)cc1. The van der Waals surface area contributed by atoms with Crippen molar-refractivity contribution in [2.45, 2.75) is 0 Å². The zero-order chi connectivity index (χ0) is 53.2. The van der Waals surface area contributed by atoms with Gasteiger partial charge in [0.05, 0.1) is 34.1 Å². The Bertz CT molecular complexity index is 4120. The van der Waals surface area contributed by atoms with Crippen molar-refractivity contribution in [2.75, 3.05) is 9.80 Å². The van der Waals surface area contributed by atoms with E-state index in [0.717, 1.165) is 89.8 Å². The maximum absolute atomic E-state index is 5.44. The summed E-state index contributed by atoms with van der Waals surface area (Å²) in [5, 5.41) is 0. The number of hydrogen-bond donors (Lipinski definition) is 0. The van der Waals surface area contributed by atoms with Crippen molar-refractivity contribution < 1.29 is 0 Å². The fourth-order valence-corrected chi connectivity index (χ4v) is 10.3. The highest BCUT2D eigenvalue weighted by atomic mass is 15.3. The molecule has 0 unspecified atom stereocenters. The van der Waals surface area contributed by atoms with Gasteiger partial charge >= 0.3 is 0 Å². The second-order valence-electron chi connectivity index (χ2n) is 19.2. The van der Waals surface area contributed by atoms with Gasteiger partial charge < -0.3 is 4.90 Å². The van der Waals surface area contributed by atoms with Crippen LogP contribution < -0.4 is 9.80 Å². The summed E-state index contributed by atoms with van der Waals surface area (Å²) in [6.07, 6.45) is 0. The highest BCUT2D eigenvalue weighted by Crippen LogP contribution is 2.56. The van der Waals surface area contributed by atoms with Crippen LogP contribution in [0.2, 0.25) is 0 Å². The van der Waals surface area contributed by atoms with E-state index in [9.17, 15) is 0 Å². The highest BCUT2D eigenvalue weighted by molar-refractivity contribution is 6.05. The summed E-state index contributed by atoms with van der Waals surface area (Å²) in [6, 6.07) is 94.6. The monoisotopic (exact) mass is 1030 g/mol. The molecule has 10 heteroatoms. The van der Waals surface area contributed by atoms with Crippen LogP contribution in [0.5, 0.6) is 0 Å². The van der Waals surface area contributed by atoms with Gasteiger partial charge in [0.2, 0.25) is 0 Å². The zero-order valence-corrected chi connectivity index (χ0v) is 43.0. The van der Waals surface area contributed by atoms with E-state index in [4.69, 9.17) is 39.9 Å². The maximum atomic E-state index is 5.44. The van der Waals surface area contributed by atoms with E-state index in [1.807, 2.05) is 164 Å². The van der Waals surface area contributed by atoms with Gasteiger partial charge in [0.25, 0.3) is 0 Å². The number of para-hydroxylation sites is 4. The van der Waals surface area contributed by atoms with Gasteiger partial charge in [-0.15, -0.1) is 0 Å². The van der Waals surface area contributed by atoms with E-state index in [1.54, 1.807) is 0 Å². The molecule has 0 atom stereocenters. The molecular weight excluding hydrogens is 981 g/mol. The Morgan fingerprint density at radius 1 is 0.188 bits per heavy atom. The number of rotatable bonds is 11. The molecule has 0 spiro atoms. The van der Waals surface area contributed by atoms with Crippen LogP contribution in [0.3, 0.4) is 0 Å². The molecule has 14 rings (SSSR count). The average Bonchev–Trinajstić information content (AvgIpc) is 3.66. The summed E-state index contributed by atoms with van der Waals surface area (Å²) >= 11 is 0. The van der Waals surface area contributed by atoms with Gasteiger partial charge in [0.15, 0.2) is 40.8 Å². The normalized spacial score (nSPS) is 11.7. The molecule has 10 nitrogen and oxygen atoms in total. The summed E-state index contributed by atoms with van der Waals surface area (Å²) in [5.74, 6) is 4.44. The molecule has 0 fully saturated rings. The second-order valence-corrected chi connectivity index (χ2v) is 19.2. The second kappa shape index (κ2) is 20.8. The van der Waals surface area contributed by atoms with Gasteiger partial charge in [-0.3, -0.25) is 4.90 Å². The van der Waals surface area contributed by atoms with E-state index >= 15 is 0 Å². The molecule has 0 radical (unpaired) electrons. The molecule has 1 aliphatic heterocycles. The van der Waals surface area contributed by atoms with E-state index in [0.29, 0.717) is 46.6 Å². The molecule has 13 aromatic rings. The zero-order valence-electron chi connectivity index (χ0n) is 43.0. The molecule has 0 saturated carbocycles. The van der Waals surface area contributed by atoms with Crippen molar-refractivity contribution in [3.8, 4) is 102 Å². The predicted octanol–water partition coefficient (Wildman–Crippen LogP) is 17.1. The van der Waals surface area contributed by atoms with E-state index in [-0.39, 0.29) is 0 Å². The molecule has 0 aliphatic carbocycles. The van der Waals surface area contributed by atoms with E-state index in [1.165, 1.54) is 0 Å². The van der Waals surface area contributed by atoms with Crippen LogP contribution in [-0.4, -0.2) is 39.9 Å². The molecule has 0 amide bonds. The average molecular weight is 1030 g/mol. The lowest BCUT2D eigenvalue weighted by Crippen LogP contribution is -2.25. The summed E-state index contributed by atoms with van der Waals surface area (Å²) in [7, 11) is 0. The van der Waals surface area contributed by atoms with Crippen LogP contribution in [0.25, 0.3) is 102 Å². The largest absolute Gasteiger partial charge is 0.306 e. The van der Waals surface area contributed by atoms with Crippen LogP contribution in [0, 0.1) is 0 Å². The molecule has 10 aromatic carbocycles. The number of anilines is 6. The van der Waals surface area contributed by atoms with E-state index in [2.05, 4.69) is 125 Å². The minimum atomic E-state index is 0.461. The van der Waals surface area contributed by atoms with Gasteiger partial charge in [-0.2, -0.15) is 0 Å². The Morgan fingerprint density at radius 2 is 0.487 bits per heavy atom. The molecule has 80 heavy (non-hydrogen) atoms. The van der Waals surface area contributed by atoms with Crippen molar-refractivity contribution in [1.82, 2.24) is 39.9 Å². The number of hydrogen-bond acceptors (Lipinski definition) is 10. The molecule has 0 bridgehead atoms. The summed E-state index contributed by atoms with van der Waals surface area (Å²) in [5.41, 5.74) is 13.9. The molecule has 4 heterocycles. The Balaban J connectivity index is 1.07. The molecule has 0 N–H and O–H groups in total. The van der Waals surface area contributed by atoms with Gasteiger partial charge in [0.1, 0.15) is 5.82 Å². The Labute approximate surface area is 462 Å². The quantitative estimate of drug-likeness (QED) is 0.124. The third kappa shape index (κ3) is 9.08. The topological polar surface area (TPSA) is 110 Å². The molecule has 0 saturated heterocycles. The minimum Gasteiger partial charge on any atom is -0.306 e.